The third-order valence-electron chi connectivity index (χ3n) is 2.37. The van der Waals surface area contributed by atoms with E-state index in [0.717, 1.165) is 4.88 Å². The van der Waals surface area contributed by atoms with Gasteiger partial charge in [0.05, 0.1) is 4.88 Å². The molecule has 18 heavy (non-hydrogen) atoms. The van der Waals surface area contributed by atoms with Crippen molar-refractivity contribution in [2.24, 2.45) is 7.05 Å². The number of hydrogen-bond donors (Lipinski definition) is 0. The van der Waals surface area contributed by atoms with Gasteiger partial charge in [0.15, 0.2) is 0 Å². The quantitative estimate of drug-likeness (QED) is 0.696. The van der Waals surface area contributed by atoms with Crippen LogP contribution in [0.25, 0.3) is 10.8 Å². The number of thiophene rings is 1. The first-order valence-corrected chi connectivity index (χ1v) is 6.07. The first kappa shape index (κ1) is 10.9. The summed E-state index contributed by atoms with van der Waals surface area (Å²) in [6.07, 6.45) is 1.44. The largest absolute Gasteiger partial charge is 0.418 e. The first-order chi connectivity index (χ1) is 8.74. The lowest BCUT2D eigenvalue weighted by molar-refractivity contribution is 0.468. The molecule has 3 aromatic heterocycles. The topological polar surface area (TPSA) is 78.7 Å². The van der Waals surface area contributed by atoms with Crippen LogP contribution < -0.4 is 5.69 Å². The monoisotopic (exact) mass is 263 g/mol. The summed E-state index contributed by atoms with van der Waals surface area (Å²) in [5.74, 6) is 0.822. The van der Waals surface area contributed by atoms with Crippen LogP contribution in [0.4, 0.5) is 0 Å². The molecule has 0 amide bonds. The third-order valence-corrected chi connectivity index (χ3v) is 3.23. The highest BCUT2D eigenvalue weighted by Gasteiger charge is 2.11. The number of hydrogen-bond acceptors (Lipinski definition) is 6. The van der Waals surface area contributed by atoms with Gasteiger partial charge in [-0.3, -0.25) is 4.57 Å². The Kier molecular flexibility index (Phi) is 2.56. The molecule has 3 rings (SSSR count). The fraction of sp³-hybridized carbons (Fsp3) is 0.200. The van der Waals surface area contributed by atoms with E-state index in [2.05, 4.69) is 15.3 Å². The highest BCUT2D eigenvalue weighted by atomic mass is 32.1. The van der Waals surface area contributed by atoms with Gasteiger partial charge < -0.3 is 4.42 Å². The smallest absolute Gasteiger partial charge is 0.345 e. The molecule has 0 saturated carbocycles. The van der Waals surface area contributed by atoms with Crippen LogP contribution >= 0.6 is 11.3 Å². The molecule has 0 N–H and O–H groups in total. The average Bonchev–Trinajstić information content (AvgIpc) is 3.06. The van der Waals surface area contributed by atoms with Crippen molar-refractivity contribution in [1.82, 2.24) is 24.5 Å². The maximum Gasteiger partial charge on any atom is 0.345 e. The Labute approximate surface area is 105 Å². The van der Waals surface area contributed by atoms with Gasteiger partial charge >= 0.3 is 5.69 Å². The van der Waals surface area contributed by atoms with Crippen LogP contribution in [0, 0.1) is 0 Å². The molecule has 3 aromatic rings. The van der Waals surface area contributed by atoms with Gasteiger partial charge in [-0.2, -0.15) is 5.10 Å². The molecular formula is C10H9N5O2S. The molecule has 0 aliphatic rings. The van der Waals surface area contributed by atoms with E-state index < -0.39 is 0 Å². The molecule has 0 unspecified atom stereocenters. The molecule has 0 saturated heterocycles. The van der Waals surface area contributed by atoms with Gasteiger partial charge in [-0.15, -0.1) is 21.5 Å². The molecule has 0 aliphatic heterocycles. The van der Waals surface area contributed by atoms with Gasteiger partial charge in [0.1, 0.15) is 12.9 Å². The van der Waals surface area contributed by atoms with E-state index in [1.807, 2.05) is 17.5 Å². The number of aryl methyl sites for hydroxylation is 1. The Balaban J connectivity index is 1.86. The summed E-state index contributed by atoms with van der Waals surface area (Å²) in [5.41, 5.74) is -0.217. The van der Waals surface area contributed by atoms with Gasteiger partial charge in [0.25, 0.3) is 5.89 Å². The Morgan fingerprint density at radius 1 is 1.44 bits per heavy atom. The van der Waals surface area contributed by atoms with E-state index in [4.69, 9.17) is 4.42 Å². The second kappa shape index (κ2) is 4.22. The molecule has 7 nitrogen and oxygen atoms in total. The molecule has 0 bridgehead atoms. The molecule has 0 aliphatic carbocycles. The molecule has 0 aromatic carbocycles. The van der Waals surface area contributed by atoms with E-state index in [-0.39, 0.29) is 12.2 Å². The zero-order valence-corrected chi connectivity index (χ0v) is 10.3. The molecule has 92 valence electrons. The summed E-state index contributed by atoms with van der Waals surface area (Å²) < 4.78 is 8.13. The zero-order valence-electron chi connectivity index (χ0n) is 9.48. The van der Waals surface area contributed by atoms with Gasteiger partial charge in [-0.25, -0.2) is 9.48 Å². The Morgan fingerprint density at radius 2 is 2.33 bits per heavy atom. The predicted octanol–water partition coefficient (Wildman–Crippen LogP) is 0.742. The van der Waals surface area contributed by atoms with Gasteiger partial charge in [-0.1, -0.05) is 6.07 Å². The number of aromatic nitrogens is 5. The summed E-state index contributed by atoms with van der Waals surface area (Å²) in [7, 11) is 1.64. The molecule has 0 radical (unpaired) electrons. The van der Waals surface area contributed by atoms with Crippen LogP contribution in [-0.4, -0.2) is 24.5 Å². The van der Waals surface area contributed by atoms with Crippen molar-refractivity contribution in [3.05, 3.63) is 40.2 Å². The van der Waals surface area contributed by atoms with Crippen LogP contribution in [-0.2, 0) is 13.6 Å². The maximum atomic E-state index is 11.6. The van der Waals surface area contributed by atoms with Crippen molar-refractivity contribution in [3.8, 4) is 10.8 Å². The second-order valence-electron chi connectivity index (χ2n) is 3.66. The van der Waals surface area contributed by atoms with Crippen LogP contribution in [0.1, 0.15) is 5.89 Å². The van der Waals surface area contributed by atoms with Gasteiger partial charge in [-0.05, 0) is 11.4 Å². The summed E-state index contributed by atoms with van der Waals surface area (Å²) in [6.45, 7) is 0.179. The molecule has 3 heterocycles. The standard InChI is InChI=1S/C10H9N5O2S/c1-14-6-11-15(10(14)16)5-8-12-13-9(17-8)7-3-2-4-18-7/h2-4,6H,5H2,1H3. The lowest BCUT2D eigenvalue weighted by atomic mass is 10.5. The van der Waals surface area contributed by atoms with Crippen molar-refractivity contribution >= 4 is 11.3 Å². The lowest BCUT2D eigenvalue weighted by Gasteiger charge is -1.92. The Bertz CT molecular complexity index is 709. The van der Waals surface area contributed by atoms with E-state index >= 15 is 0 Å². The highest BCUT2D eigenvalue weighted by molar-refractivity contribution is 7.13. The van der Waals surface area contributed by atoms with Crippen LogP contribution in [0.2, 0.25) is 0 Å². The predicted molar refractivity (Wildman–Crippen MR) is 64.2 cm³/mol. The molecule has 0 atom stereocenters. The minimum absolute atomic E-state index is 0.179. The maximum absolute atomic E-state index is 11.6. The molecule has 0 fully saturated rings. The van der Waals surface area contributed by atoms with E-state index in [1.54, 1.807) is 7.05 Å². The van der Waals surface area contributed by atoms with Crippen molar-refractivity contribution in [2.75, 3.05) is 0 Å². The number of nitrogens with zero attached hydrogens (tertiary/aromatic N) is 5. The van der Waals surface area contributed by atoms with E-state index in [9.17, 15) is 4.79 Å². The Morgan fingerprint density at radius 3 is 3.00 bits per heavy atom. The Hall–Kier alpha value is -2.22. The molecule has 8 heteroatoms. The summed E-state index contributed by atoms with van der Waals surface area (Å²) in [4.78, 5) is 12.5. The van der Waals surface area contributed by atoms with Crippen molar-refractivity contribution in [2.45, 2.75) is 6.54 Å². The summed E-state index contributed by atoms with van der Waals surface area (Å²) >= 11 is 1.52. The number of rotatable bonds is 3. The average molecular weight is 263 g/mol. The van der Waals surface area contributed by atoms with Crippen LogP contribution in [0.3, 0.4) is 0 Å². The van der Waals surface area contributed by atoms with Gasteiger partial charge in [0, 0.05) is 7.05 Å². The SMILES string of the molecule is Cn1cnn(Cc2nnc(-c3cccs3)o2)c1=O. The summed E-state index contributed by atoms with van der Waals surface area (Å²) in [5, 5.41) is 13.7. The van der Waals surface area contributed by atoms with Crippen LogP contribution in [0.5, 0.6) is 0 Å². The van der Waals surface area contributed by atoms with Crippen LogP contribution in [0.15, 0.2) is 33.1 Å². The van der Waals surface area contributed by atoms with Crippen molar-refractivity contribution in [1.29, 1.82) is 0 Å². The fourth-order valence-corrected chi connectivity index (χ4v) is 2.12. The minimum Gasteiger partial charge on any atom is -0.418 e. The molecular weight excluding hydrogens is 254 g/mol. The van der Waals surface area contributed by atoms with Gasteiger partial charge in [0.2, 0.25) is 5.89 Å². The first-order valence-electron chi connectivity index (χ1n) is 5.19. The minimum atomic E-state index is -0.217. The lowest BCUT2D eigenvalue weighted by Crippen LogP contribution is -2.23. The molecule has 0 spiro atoms. The zero-order chi connectivity index (χ0) is 12.5. The highest BCUT2D eigenvalue weighted by Crippen LogP contribution is 2.22. The second-order valence-corrected chi connectivity index (χ2v) is 4.61. The van der Waals surface area contributed by atoms with Crippen molar-refractivity contribution in [3.63, 3.8) is 0 Å². The fourth-order valence-electron chi connectivity index (χ4n) is 1.47. The van der Waals surface area contributed by atoms with E-state index in [1.165, 1.54) is 26.9 Å². The van der Waals surface area contributed by atoms with E-state index in [0.29, 0.717) is 11.8 Å². The normalized spacial score (nSPS) is 10.9. The summed E-state index contributed by atoms with van der Waals surface area (Å²) in [6, 6.07) is 3.81. The van der Waals surface area contributed by atoms with Crippen molar-refractivity contribution < 1.29 is 4.42 Å². The third kappa shape index (κ3) is 1.86.